The first-order chi connectivity index (χ1) is 11.2. The molecule has 3 rings (SSSR count). The Kier molecular flexibility index (Phi) is 4.51. The second-order valence-corrected chi connectivity index (χ2v) is 9.32. The maximum Gasteiger partial charge on any atom is 0.0175 e. The van der Waals surface area contributed by atoms with E-state index in [0.717, 1.165) is 4.47 Å². The van der Waals surface area contributed by atoms with Gasteiger partial charge in [0.15, 0.2) is 0 Å². The van der Waals surface area contributed by atoms with Gasteiger partial charge in [-0.3, -0.25) is 0 Å². The molecule has 0 heterocycles. The summed E-state index contributed by atoms with van der Waals surface area (Å²) in [5.41, 5.74) is 7.50. The first kappa shape index (κ1) is 17.5. The van der Waals surface area contributed by atoms with Crippen molar-refractivity contribution in [3.63, 3.8) is 0 Å². The van der Waals surface area contributed by atoms with E-state index in [9.17, 15) is 0 Å². The van der Waals surface area contributed by atoms with Gasteiger partial charge in [-0.1, -0.05) is 80.0 Å². The predicted molar refractivity (Wildman–Crippen MR) is 109 cm³/mol. The molecule has 126 valence electrons. The van der Waals surface area contributed by atoms with Crippen LogP contribution < -0.4 is 0 Å². The van der Waals surface area contributed by atoms with Crippen molar-refractivity contribution in [3.05, 3.63) is 69.2 Å². The highest BCUT2D eigenvalue weighted by atomic mass is 79.9. The van der Waals surface area contributed by atoms with E-state index in [1.165, 1.54) is 40.7 Å². The molecule has 0 radical (unpaired) electrons. The standard InChI is InChI=1S/C23H27Br/c1-16(14-17-6-9-19(24)10-7-17)18-8-11-20-21(15-18)23(4,5)13-12-22(20,2)3/h6-11,14-15H,12-13H2,1-5H3. The van der Waals surface area contributed by atoms with E-state index in [4.69, 9.17) is 0 Å². The second-order valence-electron chi connectivity index (χ2n) is 8.41. The Hall–Kier alpha value is -1.34. The molecule has 24 heavy (non-hydrogen) atoms. The highest BCUT2D eigenvalue weighted by molar-refractivity contribution is 9.10. The SMILES string of the molecule is CC(=Cc1ccc(Br)cc1)c1ccc2c(c1)C(C)(C)CCC2(C)C. The lowest BCUT2D eigenvalue weighted by atomic mass is 9.63. The third-order valence-electron chi connectivity index (χ3n) is 5.56. The molecule has 0 spiro atoms. The maximum absolute atomic E-state index is 3.50. The fourth-order valence-corrected chi connectivity index (χ4v) is 3.99. The highest BCUT2D eigenvalue weighted by Gasteiger charge is 2.36. The van der Waals surface area contributed by atoms with Crippen LogP contribution in [0.15, 0.2) is 46.9 Å². The Bertz CT molecular complexity index is 776. The molecule has 0 saturated heterocycles. The largest absolute Gasteiger partial charge is 0.0576 e. The van der Waals surface area contributed by atoms with Crippen LogP contribution in [0, 0.1) is 0 Å². The summed E-state index contributed by atoms with van der Waals surface area (Å²) >= 11 is 3.50. The average Bonchev–Trinajstić information content (AvgIpc) is 2.54. The highest BCUT2D eigenvalue weighted by Crippen LogP contribution is 2.46. The van der Waals surface area contributed by atoms with E-state index in [2.05, 4.69) is 99.1 Å². The van der Waals surface area contributed by atoms with Crippen molar-refractivity contribution < 1.29 is 0 Å². The minimum atomic E-state index is 0.263. The summed E-state index contributed by atoms with van der Waals surface area (Å²) in [6.45, 7) is 11.7. The number of hydrogen-bond donors (Lipinski definition) is 0. The van der Waals surface area contributed by atoms with Crippen molar-refractivity contribution in [1.29, 1.82) is 0 Å². The molecule has 0 bridgehead atoms. The lowest BCUT2D eigenvalue weighted by Crippen LogP contribution is -2.33. The topological polar surface area (TPSA) is 0 Å². The Labute approximate surface area is 155 Å². The maximum atomic E-state index is 3.50. The molecule has 0 unspecified atom stereocenters. The molecule has 1 heteroatoms. The van der Waals surface area contributed by atoms with Crippen LogP contribution in [0.1, 0.15) is 69.7 Å². The summed E-state index contributed by atoms with van der Waals surface area (Å²) in [6.07, 6.45) is 4.79. The van der Waals surface area contributed by atoms with Gasteiger partial charge >= 0.3 is 0 Å². The zero-order valence-electron chi connectivity index (χ0n) is 15.4. The van der Waals surface area contributed by atoms with Crippen LogP contribution in [0.25, 0.3) is 11.6 Å². The molecule has 1 aliphatic carbocycles. The molecule has 0 saturated carbocycles. The predicted octanol–water partition coefficient (Wildman–Crippen LogP) is 7.36. The lowest BCUT2D eigenvalue weighted by molar-refractivity contribution is 0.332. The Morgan fingerprint density at radius 3 is 2.08 bits per heavy atom. The monoisotopic (exact) mass is 382 g/mol. The van der Waals surface area contributed by atoms with Crippen LogP contribution in [0.2, 0.25) is 0 Å². The number of hydrogen-bond acceptors (Lipinski definition) is 0. The quantitative estimate of drug-likeness (QED) is 0.475. The zero-order valence-corrected chi connectivity index (χ0v) is 17.0. The molecule has 0 aromatic heterocycles. The van der Waals surface area contributed by atoms with Crippen LogP contribution in [0.5, 0.6) is 0 Å². The molecular formula is C23H27Br. The molecule has 0 amide bonds. The molecule has 0 aliphatic heterocycles. The Morgan fingerprint density at radius 1 is 0.875 bits per heavy atom. The first-order valence-electron chi connectivity index (χ1n) is 8.78. The number of fused-ring (bicyclic) bond motifs is 1. The Morgan fingerprint density at radius 2 is 1.46 bits per heavy atom. The van der Waals surface area contributed by atoms with E-state index in [1.54, 1.807) is 0 Å². The molecule has 0 nitrogen and oxygen atoms in total. The summed E-state index contributed by atoms with van der Waals surface area (Å²) in [5.74, 6) is 0. The van der Waals surface area contributed by atoms with Gasteiger partial charge in [0.2, 0.25) is 0 Å². The van der Waals surface area contributed by atoms with Gasteiger partial charge in [0.05, 0.1) is 0 Å². The van der Waals surface area contributed by atoms with E-state index in [1.807, 2.05) is 0 Å². The van der Waals surface area contributed by atoms with Gasteiger partial charge in [0.25, 0.3) is 0 Å². The van der Waals surface area contributed by atoms with Crippen molar-refractivity contribution in [2.45, 2.75) is 58.3 Å². The van der Waals surface area contributed by atoms with Crippen molar-refractivity contribution >= 4 is 27.6 Å². The number of allylic oxidation sites excluding steroid dienone is 1. The smallest absolute Gasteiger partial charge is 0.0175 e. The third-order valence-corrected chi connectivity index (χ3v) is 6.09. The van der Waals surface area contributed by atoms with Crippen molar-refractivity contribution in [2.24, 2.45) is 0 Å². The lowest BCUT2D eigenvalue weighted by Gasteiger charge is -2.42. The summed E-state index contributed by atoms with van der Waals surface area (Å²) in [7, 11) is 0. The van der Waals surface area contributed by atoms with Gasteiger partial charge in [0, 0.05) is 4.47 Å². The van der Waals surface area contributed by atoms with E-state index >= 15 is 0 Å². The Balaban J connectivity index is 2.03. The second kappa shape index (κ2) is 6.19. The van der Waals surface area contributed by atoms with Crippen LogP contribution in [-0.4, -0.2) is 0 Å². The van der Waals surface area contributed by atoms with Crippen LogP contribution >= 0.6 is 15.9 Å². The normalized spacial score (nSPS) is 19.0. The van der Waals surface area contributed by atoms with Gasteiger partial charge in [-0.05, 0) is 70.6 Å². The van der Waals surface area contributed by atoms with Crippen molar-refractivity contribution in [3.8, 4) is 0 Å². The number of halogens is 1. The van der Waals surface area contributed by atoms with Crippen LogP contribution in [0.3, 0.4) is 0 Å². The first-order valence-corrected chi connectivity index (χ1v) is 9.58. The van der Waals surface area contributed by atoms with Gasteiger partial charge in [-0.25, -0.2) is 0 Å². The fourth-order valence-electron chi connectivity index (χ4n) is 3.73. The molecule has 0 N–H and O–H groups in total. The minimum absolute atomic E-state index is 0.263. The molecule has 0 atom stereocenters. The number of benzene rings is 2. The number of rotatable bonds is 2. The van der Waals surface area contributed by atoms with E-state index in [-0.39, 0.29) is 10.8 Å². The zero-order chi connectivity index (χ0) is 17.5. The van der Waals surface area contributed by atoms with Gasteiger partial charge in [-0.2, -0.15) is 0 Å². The summed E-state index contributed by atoms with van der Waals surface area (Å²) in [4.78, 5) is 0. The molecule has 2 aromatic carbocycles. The van der Waals surface area contributed by atoms with Gasteiger partial charge in [-0.15, -0.1) is 0 Å². The summed E-state index contributed by atoms with van der Waals surface area (Å²) < 4.78 is 1.12. The fraction of sp³-hybridized carbons (Fsp3) is 0.391. The summed E-state index contributed by atoms with van der Waals surface area (Å²) in [6, 6.07) is 15.6. The van der Waals surface area contributed by atoms with Crippen LogP contribution in [0.4, 0.5) is 0 Å². The molecule has 0 fully saturated rings. The molecule has 1 aliphatic rings. The average molecular weight is 383 g/mol. The van der Waals surface area contributed by atoms with E-state index in [0.29, 0.717) is 0 Å². The van der Waals surface area contributed by atoms with Crippen LogP contribution in [-0.2, 0) is 10.8 Å². The third kappa shape index (κ3) is 3.37. The van der Waals surface area contributed by atoms with Crippen molar-refractivity contribution in [2.75, 3.05) is 0 Å². The van der Waals surface area contributed by atoms with Gasteiger partial charge < -0.3 is 0 Å². The van der Waals surface area contributed by atoms with Gasteiger partial charge in [0.1, 0.15) is 0 Å². The summed E-state index contributed by atoms with van der Waals surface area (Å²) in [5, 5.41) is 0. The molecule has 2 aromatic rings. The molecular weight excluding hydrogens is 356 g/mol. The van der Waals surface area contributed by atoms with E-state index < -0.39 is 0 Å². The minimum Gasteiger partial charge on any atom is -0.0576 e. The van der Waals surface area contributed by atoms with Crippen molar-refractivity contribution in [1.82, 2.24) is 0 Å².